The van der Waals surface area contributed by atoms with E-state index in [1.807, 2.05) is 30.4 Å². The van der Waals surface area contributed by atoms with Gasteiger partial charge in [-0.2, -0.15) is 13.6 Å². The van der Waals surface area contributed by atoms with Gasteiger partial charge in [0.05, 0.1) is 43.4 Å². The van der Waals surface area contributed by atoms with Gasteiger partial charge in [0, 0.05) is 81.0 Å². The Labute approximate surface area is 619 Å². The normalized spacial score (nSPS) is 18.4. The Morgan fingerprint density at radius 2 is 1.48 bits per heavy atom. The molecule has 6 amide bonds. The Hall–Kier alpha value is -7.87. The molecular formula is C67H91N10O24P3S2. The SMILES string of the molecule is CCCc1cc2c(cc1C)C(c1ccccc1C(=O)N(C)CCCC(=O)NCCCCCC(=O)NC(CCCSSCCC(=O)NCC#Cc1cn([C@H]3CC[C@@H](COP(=O)(O)OP(=O)(O)OP(=O)(O)O)O3)c(=O)nc1N)C(=O)NC(CC(=O)O)C(=O)NC(CC(=O)O)C(=O)O)C1C=C(C)C(=NCC)C=C1C2. The summed E-state index contributed by atoms with van der Waals surface area (Å²) in [6, 6.07) is 7.23. The number of carbonyl (C=O) groups excluding carboxylic acids is 6. The largest absolute Gasteiger partial charge is 0.490 e. The predicted octanol–water partition coefficient (Wildman–Crippen LogP) is 5.50. The van der Waals surface area contributed by atoms with Gasteiger partial charge in [-0.1, -0.05) is 95.2 Å². The van der Waals surface area contributed by atoms with Gasteiger partial charge in [-0.05, 0) is 124 Å². The van der Waals surface area contributed by atoms with Crippen LogP contribution in [0.15, 0.2) is 75.7 Å². The van der Waals surface area contributed by atoms with E-state index in [1.165, 1.54) is 55.6 Å². The minimum absolute atomic E-state index is 0.0233. The molecule has 3 aliphatic rings. The highest BCUT2D eigenvalue weighted by Crippen LogP contribution is 2.66. The van der Waals surface area contributed by atoms with Gasteiger partial charge in [-0.3, -0.25) is 52.4 Å². The molecule has 0 saturated carbocycles. The Morgan fingerprint density at radius 3 is 2.18 bits per heavy atom. The van der Waals surface area contributed by atoms with Crippen LogP contribution in [-0.4, -0.2) is 184 Å². The molecule has 0 radical (unpaired) electrons. The fourth-order valence-corrected chi connectivity index (χ4v) is 17.1. The Morgan fingerprint density at radius 1 is 0.802 bits per heavy atom. The zero-order chi connectivity index (χ0) is 78.1. The number of allylic oxidation sites excluding steroid dienone is 4. The van der Waals surface area contributed by atoms with E-state index >= 15 is 0 Å². The van der Waals surface area contributed by atoms with Crippen LogP contribution < -0.4 is 38.0 Å². The number of aromatic nitrogens is 2. The molecule has 2 aromatic carbocycles. The number of nitrogens with one attached hydrogen (secondary N) is 5. The first-order valence-corrected chi connectivity index (χ1v) is 41.1. The zero-order valence-corrected chi connectivity index (χ0v) is 63.4. The van der Waals surface area contributed by atoms with Gasteiger partial charge in [0.2, 0.25) is 29.5 Å². The van der Waals surface area contributed by atoms with Crippen molar-refractivity contribution in [1.29, 1.82) is 0 Å². The molecule has 1 aromatic heterocycles. The first-order chi connectivity index (χ1) is 50.1. The van der Waals surface area contributed by atoms with E-state index in [-0.39, 0.29) is 86.5 Å². The van der Waals surface area contributed by atoms with Gasteiger partial charge in [0.15, 0.2) is 0 Å². The number of amides is 6. The number of unbranched alkanes of at least 4 members (excludes halogenated alkanes) is 2. The summed E-state index contributed by atoms with van der Waals surface area (Å²) in [5.74, 6) is -2.82. The summed E-state index contributed by atoms with van der Waals surface area (Å²) >= 11 is 0. The van der Waals surface area contributed by atoms with Gasteiger partial charge in [-0.15, -0.1) is 0 Å². The number of nitrogens with zero attached hydrogens (tertiary/aromatic N) is 4. The van der Waals surface area contributed by atoms with Crippen LogP contribution in [0, 0.1) is 24.7 Å². The molecule has 0 bridgehead atoms. The molecule has 7 unspecified atom stereocenters. The number of benzene rings is 2. The van der Waals surface area contributed by atoms with Gasteiger partial charge < -0.3 is 76.8 Å². The highest BCUT2D eigenvalue weighted by Gasteiger charge is 2.43. The van der Waals surface area contributed by atoms with Crippen molar-refractivity contribution in [2.45, 2.75) is 167 Å². The first-order valence-electron chi connectivity index (χ1n) is 34.1. The molecule has 106 heavy (non-hydrogen) atoms. The molecule has 3 aromatic rings. The molecule has 14 N–H and O–H groups in total. The Bertz CT molecular complexity index is 4100. The predicted molar refractivity (Wildman–Crippen MR) is 391 cm³/mol. The first kappa shape index (κ1) is 87.0. The van der Waals surface area contributed by atoms with Gasteiger partial charge in [-0.25, -0.2) is 23.3 Å². The highest BCUT2D eigenvalue weighted by molar-refractivity contribution is 8.76. The molecule has 34 nitrogen and oxygen atoms in total. The molecule has 2 heterocycles. The third kappa shape index (κ3) is 28.0. The lowest BCUT2D eigenvalue weighted by Crippen LogP contribution is -2.56. The third-order valence-corrected chi connectivity index (χ3v) is 23.3. The number of carboxylic acid groups (broad SMARTS) is 3. The molecule has 1 aliphatic heterocycles. The summed E-state index contributed by atoms with van der Waals surface area (Å²) in [5, 5.41) is 40.6. The molecule has 0 spiro atoms. The third-order valence-electron chi connectivity index (χ3n) is 17.0. The number of phosphoric acid groups is 3. The smallest absolute Gasteiger partial charge is 0.481 e. The van der Waals surface area contributed by atoms with Crippen molar-refractivity contribution in [1.82, 2.24) is 41.0 Å². The fourth-order valence-electron chi connectivity index (χ4n) is 12.0. The number of hydrogen-bond donors (Lipinski definition) is 13. The molecular weight excluding hydrogens is 1490 g/mol. The monoisotopic (exact) mass is 1580 g/mol. The van der Waals surface area contributed by atoms with E-state index in [4.69, 9.17) is 25.2 Å². The summed E-state index contributed by atoms with van der Waals surface area (Å²) in [5.41, 5.74) is 15.0. The van der Waals surface area contributed by atoms with Crippen molar-refractivity contribution < 1.29 is 110 Å². The van der Waals surface area contributed by atoms with E-state index in [1.54, 1.807) is 11.9 Å². The van der Waals surface area contributed by atoms with Crippen LogP contribution in [0.1, 0.15) is 167 Å². The number of anilines is 1. The number of fused-ring (bicyclic) bond motifs is 2. The number of aliphatic imine (C=N–C) groups is 1. The van der Waals surface area contributed by atoms with Crippen LogP contribution in [0.4, 0.5) is 5.82 Å². The molecule has 1 saturated heterocycles. The van der Waals surface area contributed by atoms with E-state index < -0.39 is 121 Å². The molecule has 2 aliphatic carbocycles. The molecule has 580 valence electrons. The summed E-state index contributed by atoms with van der Waals surface area (Å²) in [6.07, 6.45) is 6.66. The number of rotatable bonds is 42. The lowest BCUT2D eigenvalue weighted by molar-refractivity contribution is -0.148. The number of carboxylic acids is 3. The van der Waals surface area contributed by atoms with Crippen molar-refractivity contribution in [3.05, 3.63) is 115 Å². The minimum Gasteiger partial charge on any atom is -0.481 e. The maximum atomic E-state index is 14.4. The van der Waals surface area contributed by atoms with Crippen LogP contribution in [-0.2, 0) is 82.8 Å². The van der Waals surface area contributed by atoms with E-state index in [2.05, 4.69) is 102 Å². The Balaban J connectivity index is 0.949. The summed E-state index contributed by atoms with van der Waals surface area (Å²) < 4.78 is 53.4. The Kier molecular flexibility index (Phi) is 34.0. The number of phosphoric ester groups is 1. The van der Waals surface area contributed by atoms with Gasteiger partial charge in [0.1, 0.15) is 30.2 Å². The number of aliphatic carboxylic acids is 3. The summed E-state index contributed by atoms with van der Waals surface area (Å²) in [4.78, 5) is 175. The molecule has 9 atom stereocenters. The average Bonchev–Trinajstić information content (AvgIpc) is 1.46. The molecule has 6 rings (SSSR count). The van der Waals surface area contributed by atoms with Crippen molar-refractivity contribution in [2.75, 3.05) is 57.1 Å². The standard InChI is InChI=1S/C67H91N10O24P3S2/c1-6-16-42-33-44-34-45-35-52(69-7-2)41(4)32-50(45)61(49(44)31-40(42)3)47-18-10-11-19-48(47)65(87)76(5)28-14-22-55(78)70-26-12-8-9-21-57(80)72-51(63(85)73-53(36-59(81)82)64(86)74-54(66(88)89)37-60(83)84)20-15-29-105-106-30-25-56(79)71-27-13-17-43-38-77(67(90)75-62(43)68)58-24-23-46(99-58)39-98-103(94,95)101-104(96,97)100-102(91,92)93/h10-11,18-19,31-33,35,38,46,50-51,53-54,58,61H,6-9,12,14-16,20-30,34,36-37,39H2,1-5H3,(H,70,78)(H,71,79)(H,72,80)(H,73,85)(H,74,86)(H,81,82)(H,83,84)(H,88,89)(H,94,95)(H,96,97)(H2,68,75,90)(H2,91,92,93)/t46-,50?,51?,53?,54?,58+,61?/m0/s1. The van der Waals surface area contributed by atoms with Crippen LogP contribution in [0.5, 0.6) is 0 Å². The maximum absolute atomic E-state index is 14.4. The number of aryl methyl sites for hydroxylation is 2. The second kappa shape index (κ2) is 41.5. The zero-order valence-electron chi connectivity index (χ0n) is 59.1. The lowest BCUT2D eigenvalue weighted by Gasteiger charge is -2.38. The van der Waals surface area contributed by atoms with E-state index in [0.29, 0.717) is 62.4 Å². The van der Waals surface area contributed by atoms with E-state index in [0.717, 1.165) is 40.7 Å². The summed E-state index contributed by atoms with van der Waals surface area (Å²) in [7, 11) is -12.5. The number of hydrogen-bond acceptors (Lipinski definition) is 22. The van der Waals surface area contributed by atoms with Crippen molar-refractivity contribution >= 4 is 110 Å². The minimum atomic E-state index is -5.76. The van der Waals surface area contributed by atoms with Crippen LogP contribution in [0.3, 0.4) is 0 Å². The van der Waals surface area contributed by atoms with E-state index in [9.17, 15) is 86.7 Å². The highest BCUT2D eigenvalue weighted by atomic mass is 33.1. The fraction of sp³-hybridized carbons (Fsp3) is 0.522. The quantitative estimate of drug-likeness (QED) is 0.0144. The molecule has 39 heteroatoms. The van der Waals surface area contributed by atoms with Crippen molar-refractivity contribution in [3.8, 4) is 11.8 Å². The van der Waals surface area contributed by atoms with Crippen LogP contribution in [0.2, 0.25) is 0 Å². The van der Waals surface area contributed by atoms with Gasteiger partial charge in [0.25, 0.3) is 5.91 Å². The topological polar surface area (TPSA) is 520 Å². The summed E-state index contributed by atoms with van der Waals surface area (Å²) in [6.45, 7) is 8.81. The number of ether oxygens (including phenoxy) is 1. The number of carbonyl (C=O) groups is 9. The number of nitrogens with two attached hydrogens (primary N) is 1. The second-order valence-corrected chi connectivity index (χ2v) is 32.3. The molecule has 1 fully saturated rings. The van der Waals surface area contributed by atoms with Crippen LogP contribution in [0.25, 0.3) is 0 Å². The van der Waals surface area contributed by atoms with Gasteiger partial charge >= 0.3 is 47.1 Å². The van der Waals surface area contributed by atoms with Crippen LogP contribution >= 0.6 is 45.1 Å². The lowest BCUT2D eigenvalue weighted by atomic mass is 9.65. The van der Waals surface area contributed by atoms with Crippen molar-refractivity contribution in [3.63, 3.8) is 0 Å². The van der Waals surface area contributed by atoms with Crippen molar-refractivity contribution in [2.24, 2.45) is 10.9 Å². The average molecular weight is 1580 g/mol. The maximum Gasteiger partial charge on any atom is 0.490 e. The number of nitrogen functional groups attached to an aromatic ring is 1. The second-order valence-electron chi connectivity index (χ2n) is 25.2.